The molecule has 1 aliphatic rings. The summed E-state index contributed by atoms with van der Waals surface area (Å²) in [6.07, 6.45) is 8.65. The maximum absolute atomic E-state index is 12.9. The van der Waals surface area contributed by atoms with Crippen LogP contribution in [0.3, 0.4) is 0 Å². The monoisotopic (exact) mass is 424 g/mol. The average molecular weight is 425 g/mol. The number of nitrogens with zero attached hydrogens (tertiary/aromatic N) is 5. The van der Waals surface area contributed by atoms with Crippen molar-refractivity contribution in [3.63, 3.8) is 0 Å². The molecule has 0 bridgehead atoms. The van der Waals surface area contributed by atoms with Crippen molar-refractivity contribution in [1.29, 1.82) is 5.26 Å². The van der Waals surface area contributed by atoms with E-state index in [0.717, 1.165) is 60.9 Å². The molecule has 7 nitrogen and oxygen atoms in total. The summed E-state index contributed by atoms with van der Waals surface area (Å²) in [7, 11) is 0. The molecule has 0 aliphatic carbocycles. The van der Waals surface area contributed by atoms with Gasteiger partial charge in [0.05, 0.1) is 29.5 Å². The molecule has 1 saturated heterocycles. The van der Waals surface area contributed by atoms with Crippen LogP contribution < -0.4 is 0 Å². The maximum Gasteiger partial charge on any atom is 0.253 e. The number of carbonyl (C=O) groups excluding carboxylic acids is 1. The van der Waals surface area contributed by atoms with Crippen molar-refractivity contribution >= 4 is 16.8 Å². The van der Waals surface area contributed by atoms with Gasteiger partial charge in [0.1, 0.15) is 0 Å². The van der Waals surface area contributed by atoms with E-state index in [2.05, 4.69) is 44.2 Å². The van der Waals surface area contributed by atoms with Gasteiger partial charge in [-0.15, -0.1) is 0 Å². The van der Waals surface area contributed by atoms with E-state index in [1.165, 1.54) is 0 Å². The topological polar surface area (TPSA) is 90.6 Å². The number of aromatic nitrogens is 4. The Balaban J connectivity index is 1.25. The van der Waals surface area contributed by atoms with Crippen LogP contribution in [0.2, 0.25) is 0 Å². The van der Waals surface area contributed by atoms with Gasteiger partial charge in [-0.25, -0.2) is 0 Å². The van der Waals surface area contributed by atoms with E-state index < -0.39 is 0 Å². The molecule has 160 valence electrons. The number of H-pyrrole nitrogens is 1. The number of rotatable bonds is 4. The van der Waals surface area contributed by atoms with Crippen LogP contribution in [0.1, 0.15) is 35.2 Å². The highest BCUT2D eigenvalue weighted by Crippen LogP contribution is 2.26. The van der Waals surface area contributed by atoms with Crippen molar-refractivity contribution in [3.05, 3.63) is 72.2 Å². The second kappa shape index (κ2) is 8.67. The van der Waals surface area contributed by atoms with Crippen molar-refractivity contribution in [1.82, 2.24) is 24.9 Å². The van der Waals surface area contributed by atoms with Gasteiger partial charge in [0.2, 0.25) is 0 Å². The van der Waals surface area contributed by atoms with Crippen LogP contribution in [0.25, 0.3) is 22.0 Å². The molecule has 7 heteroatoms. The lowest BCUT2D eigenvalue weighted by atomic mass is 10.0. The number of aromatic amines is 1. The highest BCUT2D eigenvalue weighted by Gasteiger charge is 2.22. The fourth-order valence-corrected chi connectivity index (χ4v) is 4.49. The quantitative estimate of drug-likeness (QED) is 0.530. The van der Waals surface area contributed by atoms with Gasteiger partial charge in [-0.1, -0.05) is 6.07 Å². The predicted octanol–water partition coefficient (Wildman–Crippen LogP) is 4.24. The first-order valence-corrected chi connectivity index (χ1v) is 11.0. The first-order valence-electron chi connectivity index (χ1n) is 11.0. The molecule has 1 atom stereocenters. The number of carbonyl (C=O) groups is 1. The lowest BCUT2D eigenvalue weighted by Crippen LogP contribution is -2.32. The SMILES string of the molecule is N#Cc1ccc(C(=O)N2CCCC(Cn3ncc4cc(-c5cn[nH]c5)ccc43)CC2)cc1. The summed E-state index contributed by atoms with van der Waals surface area (Å²) in [5.41, 5.74) is 4.54. The summed E-state index contributed by atoms with van der Waals surface area (Å²) in [6.45, 7) is 2.37. The zero-order valence-corrected chi connectivity index (χ0v) is 17.7. The van der Waals surface area contributed by atoms with Crippen LogP contribution in [-0.4, -0.2) is 43.9 Å². The summed E-state index contributed by atoms with van der Waals surface area (Å²) in [6, 6.07) is 15.4. The molecule has 0 spiro atoms. The molecule has 1 N–H and O–H groups in total. The molecule has 1 unspecified atom stereocenters. The number of nitriles is 1. The second-order valence-corrected chi connectivity index (χ2v) is 8.37. The molecule has 1 aliphatic heterocycles. The Morgan fingerprint density at radius 3 is 2.75 bits per heavy atom. The third-order valence-electron chi connectivity index (χ3n) is 6.30. The van der Waals surface area contributed by atoms with Crippen molar-refractivity contribution in [3.8, 4) is 17.2 Å². The third kappa shape index (κ3) is 4.00. The van der Waals surface area contributed by atoms with Gasteiger partial charge in [0.25, 0.3) is 5.91 Å². The van der Waals surface area contributed by atoms with E-state index in [9.17, 15) is 4.79 Å². The maximum atomic E-state index is 12.9. The van der Waals surface area contributed by atoms with Crippen LogP contribution in [-0.2, 0) is 6.54 Å². The smallest absolute Gasteiger partial charge is 0.253 e. The highest BCUT2D eigenvalue weighted by molar-refractivity contribution is 5.94. The molecule has 32 heavy (non-hydrogen) atoms. The Labute approximate surface area is 186 Å². The fraction of sp³-hybridized carbons (Fsp3) is 0.280. The highest BCUT2D eigenvalue weighted by atomic mass is 16.2. The van der Waals surface area contributed by atoms with Gasteiger partial charge >= 0.3 is 0 Å². The standard InChI is InChI=1S/C25H24N6O/c26-13-18-3-5-20(6-4-18)25(32)30-10-1-2-19(9-11-30)17-31-24-8-7-21(12-22(24)16-29-31)23-14-27-28-15-23/h3-8,12,14-16,19H,1-2,9-11,17H2,(H,27,28). The molecule has 0 saturated carbocycles. The van der Waals surface area contributed by atoms with Crippen molar-refractivity contribution < 1.29 is 4.79 Å². The largest absolute Gasteiger partial charge is 0.339 e. The van der Waals surface area contributed by atoms with E-state index in [1.54, 1.807) is 24.3 Å². The van der Waals surface area contributed by atoms with Crippen molar-refractivity contribution in [2.75, 3.05) is 13.1 Å². The van der Waals surface area contributed by atoms with Gasteiger partial charge in [-0.3, -0.25) is 14.6 Å². The number of benzene rings is 2. The van der Waals surface area contributed by atoms with Gasteiger partial charge in [-0.05, 0) is 67.1 Å². The van der Waals surface area contributed by atoms with Crippen LogP contribution in [0.5, 0.6) is 0 Å². The summed E-state index contributed by atoms with van der Waals surface area (Å²) in [5.74, 6) is 0.525. The van der Waals surface area contributed by atoms with E-state index in [4.69, 9.17) is 5.26 Å². The molecule has 5 rings (SSSR count). The molecule has 2 aromatic carbocycles. The van der Waals surface area contributed by atoms with Gasteiger partial charge in [-0.2, -0.15) is 15.5 Å². The molecule has 2 aromatic heterocycles. The number of amides is 1. The molecular weight excluding hydrogens is 400 g/mol. The molecular formula is C25H24N6O. The minimum atomic E-state index is 0.0476. The lowest BCUT2D eigenvalue weighted by Gasteiger charge is -2.21. The Kier molecular flexibility index (Phi) is 5.42. The molecule has 1 fully saturated rings. The van der Waals surface area contributed by atoms with Gasteiger partial charge in [0.15, 0.2) is 0 Å². The summed E-state index contributed by atoms with van der Waals surface area (Å²) >= 11 is 0. The number of fused-ring (bicyclic) bond motifs is 1. The Bertz CT molecular complexity index is 1270. The molecule has 4 aromatic rings. The van der Waals surface area contributed by atoms with E-state index >= 15 is 0 Å². The molecule has 0 radical (unpaired) electrons. The summed E-state index contributed by atoms with van der Waals surface area (Å²) in [5, 5.41) is 21.6. The number of hydrogen-bond acceptors (Lipinski definition) is 4. The molecule has 3 heterocycles. The summed E-state index contributed by atoms with van der Waals surface area (Å²) in [4.78, 5) is 14.8. The minimum absolute atomic E-state index is 0.0476. The predicted molar refractivity (Wildman–Crippen MR) is 122 cm³/mol. The Morgan fingerprint density at radius 2 is 1.97 bits per heavy atom. The normalized spacial score (nSPS) is 16.6. The van der Waals surface area contributed by atoms with Crippen LogP contribution in [0.15, 0.2) is 61.1 Å². The van der Waals surface area contributed by atoms with Crippen LogP contribution in [0, 0.1) is 17.2 Å². The number of hydrogen-bond donors (Lipinski definition) is 1. The van der Waals surface area contributed by atoms with E-state index in [0.29, 0.717) is 17.0 Å². The number of nitrogens with one attached hydrogen (secondary N) is 1. The third-order valence-corrected chi connectivity index (χ3v) is 6.30. The first-order chi connectivity index (χ1) is 15.7. The van der Waals surface area contributed by atoms with Crippen molar-refractivity contribution in [2.45, 2.75) is 25.8 Å². The van der Waals surface area contributed by atoms with Crippen LogP contribution in [0.4, 0.5) is 0 Å². The Hall–Kier alpha value is -3.92. The van der Waals surface area contributed by atoms with E-state index in [-0.39, 0.29) is 5.91 Å². The van der Waals surface area contributed by atoms with Gasteiger partial charge < -0.3 is 4.90 Å². The second-order valence-electron chi connectivity index (χ2n) is 8.37. The zero-order valence-electron chi connectivity index (χ0n) is 17.7. The summed E-state index contributed by atoms with van der Waals surface area (Å²) < 4.78 is 2.09. The zero-order chi connectivity index (χ0) is 21.9. The van der Waals surface area contributed by atoms with Crippen LogP contribution >= 0.6 is 0 Å². The molecule has 1 amide bonds. The lowest BCUT2D eigenvalue weighted by molar-refractivity contribution is 0.0759. The Morgan fingerprint density at radius 1 is 1.09 bits per heavy atom. The minimum Gasteiger partial charge on any atom is -0.339 e. The number of likely N-dealkylation sites (tertiary alicyclic amines) is 1. The van der Waals surface area contributed by atoms with Gasteiger partial charge in [0, 0.05) is 42.3 Å². The van der Waals surface area contributed by atoms with Crippen molar-refractivity contribution in [2.24, 2.45) is 5.92 Å². The van der Waals surface area contributed by atoms with E-state index in [1.807, 2.05) is 23.5 Å². The fourth-order valence-electron chi connectivity index (χ4n) is 4.49. The first kappa shape index (κ1) is 20.0. The average Bonchev–Trinajstić information content (AvgIpc) is 3.45.